The molecular formula is C16H21NO6. The number of methoxy groups -OCH3 is 1. The molecule has 0 fully saturated rings. The number of hydrogen-bond donors (Lipinski definition) is 1. The SMILES string of the molecule is COC(=O)NC(=O)[C@@H](C)OC(=O)c1ccc(OCC(C)C)cc1. The number of amides is 2. The Balaban J connectivity index is 2.57. The highest BCUT2D eigenvalue weighted by Crippen LogP contribution is 2.14. The van der Waals surface area contributed by atoms with Gasteiger partial charge in [0.15, 0.2) is 6.10 Å². The first kappa shape index (κ1) is 18.5. The van der Waals surface area contributed by atoms with Crippen LogP contribution in [0, 0.1) is 5.92 Å². The molecule has 0 unspecified atom stereocenters. The van der Waals surface area contributed by atoms with E-state index in [0.717, 1.165) is 7.11 Å². The zero-order valence-electron chi connectivity index (χ0n) is 13.6. The summed E-state index contributed by atoms with van der Waals surface area (Å²) in [5.74, 6) is -0.393. The van der Waals surface area contributed by atoms with Crippen molar-refractivity contribution in [3.63, 3.8) is 0 Å². The average Bonchev–Trinajstić information content (AvgIpc) is 2.52. The Hall–Kier alpha value is -2.57. The molecule has 1 atom stereocenters. The molecule has 126 valence electrons. The average molecular weight is 323 g/mol. The van der Waals surface area contributed by atoms with Crippen molar-refractivity contribution in [2.75, 3.05) is 13.7 Å². The van der Waals surface area contributed by atoms with E-state index in [0.29, 0.717) is 18.3 Å². The Kier molecular flexibility index (Phi) is 7.05. The van der Waals surface area contributed by atoms with E-state index in [4.69, 9.17) is 9.47 Å². The lowest BCUT2D eigenvalue weighted by Gasteiger charge is -2.13. The monoisotopic (exact) mass is 323 g/mol. The molecule has 7 nitrogen and oxygen atoms in total. The first-order valence-corrected chi connectivity index (χ1v) is 7.16. The van der Waals surface area contributed by atoms with Gasteiger partial charge in [-0.2, -0.15) is 0 Å². The minimum atomic E-state index is -1.13. The second-order valence-electron chi connectivity index (χ2n) is 5.26. The first-order valence-electron chi connectivity index (χ1n) is 7.16. The van der Waals surface area contributed by atoms with E-state index in [2.05, 4.69) is 4.74 Å². The molecule has 7 heteroatoms. The third kappa shape index (κ3) is 6.37. The van der Waals surface area contributed by atoms with Crippen molar-refractivity contribution < 1.29 is 28.6 Å². The van der Waals surface area contributed by atoms with Gasteiger partial charge >= 0.3 is 12.1 Å². The van der Waals surface area contributed by atoms with Gasteiger partial charge in [-0.25, -0.2) is 9.59 Å². The molecule has 23 heavy (non-hydrogen) atoms. The van der Waals surface area contributed by atoms with E-state index in [1.54, 1.807) is 24.3 Å². The maximum Gasteiger partial charge on any atom is 0.413 e. The summed E-state index contributed by atoms with van der Waals surface area (Å²) >= 11 is 0. The molecular weight excluding hydrogens is 302 g/mol. The van der Waals surface area contributed by atoms with Gasteiger partial charge in [-0.15, -0.1) is 0 Å². The zero-order valence-corrected chi connectivity index (χ0v) is 13.6. The fraction of sp³-hybridized carbons (Fsp3) is 0.438. The smallest absolute Gasteiger partial charge is 0.413 e. The molecule has 0 spiro atoms. The van der Waals surface area contributed by atoms with Gasteiger partial charge in [0.2, 0.25) is 0 Å². The van der Waals surface area contributed by atoms with Gasteiger partial charge in [0, 0.05) is 0 Å². The molecule has 0 aromatic heterocycles. The van der Waals surface area contributed by atoms with Gasteiger partial charge in [0.05, 0.1) is 19.3 Å². The summed E-state index contributed by atoms with van der Waals surface area (Å²) in [5.41, 5.74) is 0.277. The highest BCUT2D eigenvalue weighted by atomic mass is 16.6. The summed E-state index contributed by atoms with van der Waals surface area (Å²) in [6.45, 7) is 6.00. The molecule has 0 aliphatic carbocycles. The normalized spacial score (nSPS) is 11.5. The van der Waals surface area contributed by atoms with Gasteiger partial charge in [0.1, 0.15) is 5.75 Å². The molecule has 1 N–H and O–H groups in total. The number of ether oxygens (including phenoxy) is 3. The Morgan fingerprint density at radius 3 is 2.22 bits per heavy atom. The van der Waals surface area contributed by atoms with Crippen LogP contribution in [0.1, 0.15) is 31.1 Å². The molecule has 0 radical (unpaired) electrons. The molecule has 0 bridgehead atoms. The number of rotatable bonds is 6. The van der Waals surface area contributed by atoms with E-state index in [-0.39, 0.29) is 5.56 Å². The third-order valence-corrected chi connectivity index (χ3v) is 2.74. The van der Waals surface area contributed by atoms with Gasteiger partial charge in [0.25, 0.3) is 5.91 Å². The van der Waals surface area contributed by atoms with Crippen LogP contribution in [0.15, 0.2) is 24.3 Å². The Morgan fingerprint density at radius 2 is 1.70 bits per heavy atom. The predicted octanol–water partition coefficient (Wildman–Crippen LogP) is 2.15. The minimum Gasteiger partial charge on any atom is -0.493 e. The van der Waals surface area contributed by atoms with Crippen molar-refractivity contribution >= 4 is 18.0 Å². The van der Waals surface area contributed by atoms with Crippen molar-refractivity contribution in [1.82, 2.24) is 5.32 Å². The van der Waals surface area contributed by atoms with Crippen LogP contribution in [0.3, 0.4) is 0 Å². The van der Waals surface area contributed by atoms with Crippen molar-refractivity contribution in [1.29, 1.82) is 0 Å². The summed E-state index contributed by atoms with van der Waals surface area (Å²) in [7, 11) is 1.13. The lowest BCUT2D eigenvalue weighted by molar-refractivity contribution is -0.128. The Morgan fingerprint density at radius 1 is 1.09 bits per heavy atom. The van der Waals surface area contributed by atoms with E-state index < -0.39 is 24.1 Å². The Labute approximate surface area is 134 Å². The van der Waals surface area contributed by atoms with Crippen LogP contribution in [0.4, 0.5) is 4.79 Å². The highest BCUT2D eigenvalue weighted by Gasteiger charge is 2.21. The molecule has 1 rings (SSSR count). The second kappa shape index (κ2) is 8.77. The lowest BCUT2D eigenvalue weighted by Crippen LogP contribution is -2.39. The number of esters is 1. The standard InChI is InChI=1S/C16H21NO6/c1-10(2)9-22-13-7-5-12(6-8-13)15(19)23-11(3)14(18)17-16(20)21-4/h5-8,10-11H,9H2,1-4H3,(H,17,18,20)/t11-/m1/s1. The number of carbonyl (C=O) groups is 3. The number of imide groups is 1. The van der Waals surface area contributed by atoms with Gasteiger partial charge < -0.3 is 14.2 Å². The summed E-state index contributed by atoms with van der Waals surface area (Å²) in [5, 5.41) is 1.93. The lowest BCUT2D eigenvalue weighted by atomic mass is 10.2. The molecule has 1 aromatic rings. The quantitative estimate of drug-likeness (QED) is 0.807. The molecule has 0 saturated carbocycles. The van der Waals surface area contributed by atoms with Crippen molar-refractivity contribution in [3.8, 4) is 5.75 Å². The molecule has 0 saturated heterocycles. The van der Waals surface area contributed by atoms with Crippen molar-refractivity contribution in [2.45, 2.75) is 26.9 Å². The van der Waals surface area contributed by atoms with Crippen LogP contribution >= 0.6 is 0 Å². The molecule has 0 aliphatic rings. The first-order chi connectivity index (χ1) is 10.8. The number of alkyl carbamates (subject to hydrolysis) is 1. The summed E-state index contributed by atoms with van der Waals surface area (Å²) in [6.07, 6.45) is -2.04. The fourth-order valence-electron chi connectivity index (χ4n) is 1.49. The molecule has 0 aliphatic heterocycles. The third-order valence-electron chi connectivity index (χ3n) is 2.74. The van der Waals surface area contributed by atoms with Gasteiger partial charge in [-0.05, 0) is 37.1 Å². The number of nitrogens with one attached hydrogen (secondary N) is 1. The zero-order chi connectivity index (χ0) is 17.4. The minimum absolute atomic E-state index is 0.277. The van der Waals surface area contributed by atoms with Crippen LogP contribution in [0.5, 0.6) is 5.75 Å². The van der Waals surface area contributed by atoms with Crippen LogP contribution in [0.25, 0.3) is 0 Å². The second-order valence-corrected chi connectivity index (χ2v) is 5.26. The van der Waals surface area contributed by atoms with Crippen LogP contribution in [-0.4, -0.2) is 37.8 Å². The molecule has 1 aromatic carbocycles. The molecule has 2 amide bonds. The highest BCUT2D eigenvalue weighted by molar-refractivity contribution is 5.97. The van der Waals surface area contributed by atoms with Crippen LogP contribution in [-0.2, 0) is 14.3 Å². The predicted molar refractivity (Wildman–Crippen MR) is 82.2 cm³/mol. The maximum absolute atomic E-state index is 11.9. The van der Waals surface area contributed by atoms with Gasteiger partial charge in [-0.1, -0.05) is 13.8 Å². The van der Waals surface area contributed by atoms with Crippen LogP contribution in [0.2, 0.25) is 0 Å². The van der Waals surface area contributed by atoms with E-state index >= 15 is 0 Å². The Bertz CT molecular complexity index is 552. The number of benzene rings is 1. The number of carbonyl (C=O) groups excluding carboxylic acids is 3. The largest absolute Gasteiger partial charge is 0.493 e. The molecule has 0 heterocycles. The van der Waals surface area contributed by atoms with E-state index in [9.17, 15) is 14.4 Å². The summed E-state index contributed by atoms with van der Waals surface area (Å²) in [6, 6.07) is 6.39. The van der Waals surface area contributed by atoms with Crippen molar-refractivity contribution in [2.24, 2.45) is 5.92 Å². The maximum atomic E-state index is 11.9. The number of hydrogen-bond acceptors (Lipinski definition) is 6. The fourth-order valence-corrected chi connectivity index (χ4v) is 1.49. The van der Waals surface area contributed by atoms with E-state index in [1.807, 2.05) is 19.2 Å². The summed E-state index contributed by atoms with van der Waals surface area (Å²) < 4.78 is 14.8. The van der Waals surface area contributed by atoms with Crippen molar-refractivity contribution in [3.05, 3.63) is 29.8 Å². The van der Waals surface area contributed by atoms with Gasteiger partial charge in [-0.3, -0.25) is 10.1 Å². The summed E-state index contributed by atoms with van der Waals surface area (Å²) in [4.78, 5) is 34.4. The van der Waals surface area contributed by atoms with E-state index in [1.165, 1.54) is 6.92 Å². The topological polar surface area (TPSA) is 90.9 Å². The van der Waals surface area contributed by atoms with Crippen LogP contribution < -0.4 is 10.1 Å².